The van der Waals surface area contributed by atoms with Gasteiger partial charge in [0, 0.05) is 31.1 Å². The third-order valence-electron chi connectivity index (χ3n) is 5.41. The molecule has 0 unspecified atom stereocenters. The van der Waals surface area contributed by atoms with Crippen LogP contribution >= 0.6 is 0 Å². The fraction of sp³-hybridized carbons (Fsp3) is 0.250. The van der Waals surface area contributed by atoms with Crippen LogP contribution in [-0.2, 0) is 16.0 Å². The van der Waals surface area contributed by atoms with Gasteiger partial charge >= 0.3 is 6.09 Å². The van der Waals surface area contributed by atoms with E-state index in [4.69, 9.17) is 13.9 Å². The van der Waals surface area contributed by atoms with E-state index in [9.17, 15) is 14.4 Å². The molecule has 1 amide bonds. The molecule has 0 saturated heterocycles. The molecule has 2 aromatic heterocycles. The van der Waals surface area contributed by atoms with Gasteiger partial charge in [-0.2, -0.15) is 0 Å². The second kappa shape index (κ2) is 10.2. The Bertz CT molecular complexity index is 1500. The van der Waals surface area contributed by atoms with Crippen molar-refractivity contribution < 1.29 is 18.7 Å². The second-order valence-corrected chi connectivity index (χ2v) is 9.26. The van der Waals surface area contributed by atoms with E-state index in [0.29, 0.717) is 41.3 Å². The molecule has 2 heterocycles. The van der Waals surface area contributed by atoms with Gasteiger partial charge in [0.1, 0.15) is 11.4 Å². The summed E-state index contributed by atoms with van der Waals surface area (Å²) in [6.45, 7) is 6.04. The van der Waals surface area contributed by atoms with E-state index in [1.165, 1.54) is 4.57 Å². The highest BCUT2D eigenvalue weighted by molar-refractivity contribution is 5.90. The number of aromatic nitrogens is 1. The first-order valence-corrected chi connectivity index (χ1v) is 11.5. The Morgan fingerprint density at radius 2 is 1.67 bits per heavy atom. The van der Waals surface area contributed by atoms with Crippen LogP contribution in [0.2, 0.25) is 0 Å². The summed E-state index contributed by atoms with van der Waals surface area (Å²) in [6, 6.07) is 17.6. The Kier molecular flexibility index (Phi) is 7.07. The largest absolute Gasteiger partial charge is 0.449 e. The number of amides is 1. The number of carbonyl (C=O) groups is 1. The quantitative estimate of drug-likeness (QED) is 0.396. The van der Waals surface area contributed by atoms with Gasteiger partial charge in [0.05, 0.1) is 17.6 Å². The predicted octanol–water partition coefficient (Wildman–Crippen LogP) is 5.28. The van der Waals surface area contributed by atoms with Crippen LogP contribution in [0, 0.1) is 0 Å². The fourth-order valence-electron chi connectivity index (χ4n) is 3.78. The van der Waals surface area contributed by atoms with Gasteiger partial charge in [-0.15, -0.1) is 0 Å². The van der Waals surface area contributed by atoms with Crippen LogP contribution in [0.3, 0.4) is 0 Å². The Morgan fingerprint density at radius 3 is 2.31 bits per heavy atom. The SMILES string of the molecule is COCCn1ccc2c(=O)c(-c3ccc(NC(=O)OC(C)(C)C)cc3)c(-c3ccccc3)oc2c1=O. The molecule has 2 aromatic carbocycles. The van der Waals surface area contributed by atoms with Crippen molar-refractivity contribution in [1.82, 2.24) is 4.57 Å². The highest BCUT2D eigenvalue weighted by atomic mass is 16.6. The summed E-state index contributed by atoms with van der Waals surface area (Å²) in [6.07, 6.45) is 0.996. The average Bonchev–Trinajstić information content (AvgIpc) is 2.84. The minimum absolute atomic E-state index is 0.00980. The lowest BCUT2D eigenvalue weighted by molar-refractivity contribution is 0.0636. The highest BCUT2D eigenvalue weighted by Gasteiger charge is 2.21. The van der Waals surface area contributed by atoms with Crippen molar-refractivity contribution in [3.05, 3.63) is 87.4 Å². The normalized spacial score (nSPS) is 11.4. The van der Waals surface area contributed by atoms with Gasteiger partial charge in [0.25, 0.3) is 5.56 Å². The Labute approximate surface area is 208 Å². The van der Waals surface area contributed by atoms with Gasteiger partial charge in [0.2, 0.25) is 11.0 Å². The third kappa shape index (κ3) is 5.39. The smallest absolute Gasteiger partial charge is 0.412 e. The highest BCUT2D eigenvalue weighted by Crippen LogP contribution is 2.32. The van der Waals surface area contributed by atoms with Gasteiger partial charge in [-0.05, 0) is 44.5 Å². The van der Waals surface area contributed by atoms with Gasteiger partial charge < -0.3 is 18.5 Å². The lowest BCUT2D eigenvalue weighted by Gasteiger charge is -2.19. The van der Waals surface area contributed by atoms with Gasteiger partial charge in [0.15, 0.2) is 0 Å². The van der Waals surface area contributed by atoms with E-state index in [2.05, 4.69) is 5.32 Å². The topological polar surface area (TPSA) is 99.8 Å². The molecule has 0 fully saturated rings. The molecule has 8 nitrogen and oxygen atoms in total. The number of anilines is 1. The Hall–Kier alpha value is -4.17. The first-order chi connectivity index (χ1) is 17.2. The summed E-state index contributed by atoms with van der Waals surface area (Å²) in [5, 5.41) is 2.87. The van der Waals surface area contributed by atoms with Crippen molar-refractivity contribution in [2.75, 3.05) is 19.0 Å². The van der Waals surface area contributed by atoms with E-state index in [-0.39, 0.29) is 16.4 Å². The van der Waals surface area contributed by atoms with Gasteiger partial charge in [-0.3, -0.25) is 14.9 Å². The van der Waals surface area contributed by atoms with Crippen molar-refractivity contribution in [3.63, 3.8) is 0 Å². The van der Waals surface area contributed by atoms with Crippen LogP contribution < -0.4 is 16.3 Å². The molecule has 0 saturated carbocycles. The molecular weight excluding hydrogens is 460 g/mol. The predicted molar refractivity (Wildman–Crippen MR) is 139 cm³/mol. The summed E-state index contributed by atoms with van der Waals surface area (Å²) in [5.41, 5.74) is 0.732. The van der Waals surface area contributed by atoms with E-state index >= 15 is 0 Å². The maximum absolute atomic E-state index is 13.7. The Balaban J connectivity index is 1.83. The van der Waals surface area contributed by atoms with Crippen molar-refractivity contribution in [3.8, 4) is 22.5 Å². The van der Waals surface area contributed by atoms with Crippen molar-refractivity contribution >= 4 is 22.7 Å². The van der Waals surface area contributed by atoms with Crippen LogP contribution in [0.15, 0.2) is 80.9 Å². The molecule has 0 aliphatic rings. The average molecular weight is 489 g/mol. The first-order valence-electron chi connectivity index (χ1n) is 11.5. The number of carbonyl (C=O) groups excluding carboxylic acids is 1. The standard InChI is InChI=1S/C28H28N2O6/c1-28(2,3)36-27(33)29-20-12-10-18(11-13-20)22-23(31)21-14-15-30(16-17-34-4)26(32)25(21)35-24(22)19-8-6-5-7-9-19/h5-15H,16-17H2,1-4H3,(H,29,33). The second-order valence-electron chi connectivity index (χ2n) is 9.26. The van der Waals surface area contributed by atoms with Crippen molar-refractivity contribution in [2.24, 2.45) is 0 Å². The maximum atomic E-state index is 13.7. The number of fused-ring (bicyclic) bond motifs is 1. The molecule has 4 rings (SSSR count). The fourth-order valence-corrected chi connectivity index (χ4v) is 3.78. The van der Waals surface area contributed by atoms with E-state index < -0.39 is 17.3 Å². The van der Waals surface area contributed by atoms with E-state index in [0.717, 1.165) is 0 Å². The molecule has 0 atom stereocenters. The monoisotopic (exact) mass is 488 g/mol. The van der Waals surface area contributed by atoms with E-state index in [1.54, 1.807) is 64.4 Å². The zero-order valence-electron chi connectivity index (χ0n) is 20.7. The van der Waals surface area contributed by atoms with Crippen LogP contribution in [0.1, 0.15) is 20.8 Å². The number of methoxy groups -OCH3 is 1. The molecule has 36 heavy (non-hydrogen) atoms. The van der Waals surface area contributed by atoms with Gasteiger partial charge in [-0.25, -0.2) is 4.79 Å². The Morgan fingerprint density at radius 1 is 0.972 bits per heavy atom. The summed E-state index contributed by atoms with van der Waals surface area (Å²) < 4.78 is 18.0. The number of benzene rings is 2. The molecule has 0 bridgehead atoms. The molecule has 186 valence electrons. The number of pyridine rings is 1. The van der Waals surface area contributed by atoms with Crippen LogP contribution in [0.5, 0.6) is 0 Å². The number of nitrogens with zero attached hydrogens (tertiary/aromatic N) is 1. The third-order valence-corrected chi connectivity index (χ3v) is 5.41. The summed E-state index contributed by atoms with van der Waals surface area (Å²) >= 11 is 0. The van der Waals surface area contributed by atoms with Crippen LogP contribution in [0.4, 0.5) is 10.5 Å². The number of ether oxygens (including phenoxy) is 2. The molecular formula is C28H28N2O6. The maximum Gasteiger partial charge on any atom is 0.412 e. The first kappa shape index (κ1) is 24.9. The lowest BCUT2D eigenvalue weighted by Crippen LogP contribution is -2.27. The number of hydrogen-bond acceptors (Lipinski definition) is 6. The van der Waals surface area contributed by atoms with E-state index in [1.807, 2.05) is 30.3 Å². The summed E-state index contributed by atoms with van der Waals surface area (Å²) in [5.74, 6) is 0.294. The number of rotatable bonds is 6. The van der Waals surface area contributed by atoms with Crippen molar-refractivity contribution in [1.29, 1.82) is 0 Å². The van der Waals surface area contributed by atoms with Crippen LogP contribution in [-0.4, -0.2) is 30.0 Å². The summed E-state index contributed by atoms with van der Waals surface area (Å²) in [7, 11) is 1.56. The number of nitrogens with one attached hydrogen (secondary N) is 1. The molecule has 0 spiro atoms. The minimum atomic E-state index is -0.624. The van der Waals surface area contributed by atoms with Gasteiger partial charge in [-0.1, -0.05) is 42.5 Å². The van der Waals surface area contributed by atoms with Crippen molar-refractivity contribution in [2.45, 2.75) is 32.9 Å². The molecule has 0 aliphatic carbocycles. The zero-order valence-corrected chi connectivity index (χ0v) is 20.7. The molecule has 1 N–H and O–H groups in total. The molecule has 0 aliphatic heterocycles. The number of hydrogen-bond donors (Lipinski definition) is 1. The molecule has 8 heteroatoms. The molecule has 0 radical (unpaired) electrons. The summed E-state index contributed by atoms with van der Waals surface area (Å²) in [4.78, 5) is 38.9. The van der Waals surface area contributed by atoms with Crippen LogP contribution in [0.25, 0.3) is 33.4 Å². The zero-order chi connectivity index (χ0) is 25.9. The minimum Gasteiger partial charge on any atom is -0.449 e. The lowest BCUT2D eigenvalue weighted by atomic mass is 9.98. The molecule has 4 aromatic rings.